The molecule has 0 atom stereocenters. The molecule has 0 saturated heterocycles. The van der Waals surface area contributed by atoms with Crippen LogP contribution in [0, 0.1) is 11.8 Å². The highest BCUT2D eigenvalue weighted by Crippen LogP contribution is 2.30. The van der Waals surface area contributed by atoms with E-state index in [4.69, 9.17) is 5.73 Å². The third-order valence-electron chi connectivity index (χ3n) is 3.19. The second-order valence-corrected chi connectivity index (χ2v) is 5.67. The van der Waals surface area contributed by atoms with E-state index in [9.17, 15) is 4.79 Å². The summed E-state index contributed by atoms with van der Waals surface area (Å²) in [7, 11) is 0. The minimum absolute atomic E-state index is 0.146. The molecule has 0 spiro atoms. The van der Waals surface area contributed by atoms with Crippen LogP contribution in [-0.4, -0.2) is 29.9 Å². The van der Waals surface area contributed by atoms with Gasteiger partial charge in [0.05, 0.1) is 6.54 Å². The predicted molar refractivity (Wildman–Crippen MR) is 79.2 cm³/mol. The van der Waals surface area contributed by atoms with E-state index < -0.39 is 0 Å². The standard InChI is InChI=1S/C15H20N2OS/c1-2-3-10-17(13-6-7-13)15(18)14-12(5-4-9-16)8-11-19-14/h8,11,13H,2-3,6-7,9-10,16H2,1H3. The predicted octanol–water partition coefficient (Wildman–Crippen LogP) is 2.46. The summed E-state index contributed by atoms with van der Waals surface area (Å²) in [6.45, 7) is 3.34. The Morgan fingerprint density at radius 1 is 1.58 bits per heavy atom. The second-order valence-electron chi connectivity index (χ2n) is 4.75. The van der Waals surface area contributed by atoms with Crippen molar-refractivity contribution in [3.63, 3.8) is 0 Å². The van der Waals surface area contributed by atoms with Gasteiger partial charge in [-0.15, -0.1) is 11.3 Å². The highest BCUT2D eigenvalue weighted by atomic mass is 32.1. The van der Waals surface area contributed by atoms with Gasteiger partial charge in [0, 0.05) is 18.2 Å². The number of nitrogens with zero attached hydrogens (tertiary/aromatic N) is 1. The zero-order valence-electron chi connectivity index (χ0n) is 11.3. The molecule has 0 aliphatic heterocycles. The van der Waals surface area contributed by atoms with Gasteiger partial charge in [0.1, 0.15) is 4.88 Å². The van der Waals surface area contributed by atoms with Crippen LogP contribution >= 0.6 is 11.3 Å². The van der Waals surface area contributed by atoms with Crippen molar-refractivity contribution in [2.75, 3.05) is 13.1 Å². The molecule has 4 heteroatoms. The second kappa shape index (κ2) is 6.74. The minimum Gasteiger partial charge on any atom is -0.335 e. The van der Waals surface area contributed by atoms with Gasteiger partial charge in [0.15, 0.2) is 0 Å². The fourth-order valence-corrected chi connectivity index (χ4v) is 2.82. The fourth-order valence-electron chi connectivity index (χ4n) is 2.01. The summed E-state index contributed by atoms with van der Waals surface area (Å²) in [5, 5.41) is 1.93. The maximum atomic E-state index is 12.6. The number of nitrogens with two attached hydrogens (primary N) is 1. The SMILES string of the molecule is CCCCN(C(=O)c1sccc1C#CCN)C1CC1. The maximum absolute atomic E-state index is 12.6. The van der Waals surface area contributed by atoms with E-state index >= 15 is 0 Å². The zero-order chi connectivity index (χ0) is 13.7. The summed E-state index contributed by atoms with van der Waals surface area (Å²) in [5.74, 6) is 5.96. The summed E-state index contributed by atoms with van der Waals surface area (Å²) >= 11 is 1.48. The Morgan fingerprint density at radius 3 is 3.00 bits per heavy atom. The third-order valence-corrected chi connectivity index (χ3v) is 4.09. The van der Waals surface area contributed by atoms with Gasteiger partial charge in [-0.1, -0.05) is 25.2 Å². The summed E-state index contributed by atoms with van der Waals surface area (Å²) in [6, 6.07) is 2.36. The Hall–Kier alpha value is -1.31. The Morgan fingerprint density at radius 2 is 2.37 bits per heavy atom. The van der Waals surface area contributed by atoms with Crippen molar-refractivity contribution in [1.29, 1.82) is 0 Å². The molecular weight excluding hydrogens is 256 g/mol. The average Bonchev–Trinajstić information content (AvgIpc) is 3.14. The maximum Gasteiger partial charge on any atom is 0.265 e. The smallest absolute Gasteiger partial charge is 0.265 e. The molecule has 1 aliphatic rings. The topological polar surface area (TPSA) is 46.3 Å². The van der Waals surface area contributed by atoms with Gasteiger partial charge in [0.2, 0.25) is 0 Å². The quantitative estimate of drug-likeness (QED) is 0.840. The number of thiophene rings is 1. The lowest BCUT2D eigenvalue weighted by molar-refractivity contribution is 0.0745. The van der Waals surface area contributed by atoms with Gasteiger partial charge in [-0.05, 0) is 30.7 Å². The van der Waals surface area contributed by atoms with Crippen LogP contribution in [0.1, 0.15) is 47.8 Å². The molecule has 102 valence electrons. The molecule has 1 amide bonds. The zero-order valence-corrected chi connectivity index (χ0v) is 12.1. The first-order valence-electron chi connectivity index (χ1n) is 6.85. The van der Waals surface area contributed by atoms with Crippen LogP contribution in [0.25, 0.3) is 0 Å². The first kappa shape index (κ1) is 14.1. The van der Waals surface area contributed by atoms with Crippen LogP contribution in [0.15, 0.2) is 11.4 Å². The van der Waals surface area contributed by atoms with E-state index in [1.807, 2.05) is 16.3 Å². The van der Waals surface area contributed by atoms with Gasteiger partial charge < -0.3 is 10.6 Å². The number of carbonyl (C=O) groups excluding carboxylic acids is 1. The molecule has 1 heterocycles. The molecule has 0 unspecified atom stereocenters. The molecule has 0 aromatic carbocycles. The third kappa shape index (κ3) is 3.59. The van der Waals surface area contributed by atoms with Crippen molar-refractivity contribution < 1.29 is 4.79 Å². The Kier molecular flexibility index (Phi) is 5.00. The van der Waals surface area contributed by atoms with Gasteiger partial charge in [-0.3, -0.25) is 4.79 Å². The lowest BCUT2D eigenvalue weighted by Crippen LogP contribution is -2.33. The Bertz CT molecular complexity index is 494. The van der Waals surface area contributed by atoms with E-state index in [1.54, 1.807) is 0 Å². The van der Waals surface area contributed by atoms with Gasteiger partial charge in [-0.25, -0.2) is 0 Å². The molecular formula is C15H20N2OS. The lowest BCUT2D eigenvalue weighted by Gasteiger charge is -2.21. The van der Waals surface area contributed by atoms with Gasteiger partial charge >= 0.3 is 0 Å². The minimum atomic E-state index is 0.146. The summed E-state index contributed by atoms with van der Waals surface area (Å²) in [6.07, 6.45) is 4.47. The first-order chi connectivity index (χ1) is 9.27. The molecule has 0 radical (unpaired) electrons. The molecule has 1 fully saturated rings. The van der Waals surface area contributed by atoms with Gasteiger partial charge in [-0.2, -0.15) is 0 Å². The van der Waals surface area contributed by atoms with Crippen LogP contribution in [0.5, 0.6) is 0 Å². The molecule has 0 bridgehead atoms. The molecule has 1 aromatic heterocycles. The highest BCUT2D eigenvalue weighted by Gasteiger charge is 2.33. The van der Waals surface area contributed by atoms with Crippen LogP contribution in [0.4, 0.5) is 0 Å². The summed E-state index contributed by atoms with van der Waals surface area (Å²) in [5.41, 5.74) is 6.21. The monoisotopic (exact) mass is 276 g/mol. The van der Waals surface area contributed by atoms with E-state index in [1.165, 1.54) is 11.3 Å². The number of amides is 1. The van der Waals surface area contributed by atoms with Crippen molar-refractivity contribution in [2.24, 2.45) is 5.73 Å². The van der Waals surface area contributed by atoms with Gasteiger partial charge in [0.25, 0.3) is 5.91 Å². The molecule has 19 heavy (non-hydrogen) atoms. The largest absolute Gasteiger partial charge is 0.335 e. The van der Waals surface area contributed by atoms with Crippen molar-refractivity contribution in [1.82, 2.24) is 4.90 Å². The number of unbranched alkanes of at least 4 members (excludes halogenated alkanes) is 1. The average molecular weight is 276 g/mol. The molecule has 3 nitrogen and oxygen atoms in total. The van der Waals surface area contributed by atoms with Crippen molar-refractivity contribution in [3.8, 4) is 11.8 Å². The molecule has 1 aromatic rings. The highest BCUT2D eigenvalue weighted by molar-refractivity contribution is 7.12. The lowest BCUT2D eigenvalue weighted by atomic mass is 10.2. The number of carbonyl (C=O) groups is 1. The summed E-state index contributed by atoms with van der Waals surface area (Å²) in [4.78, 5) is 15.4. The summed E-state index contributed by atoms with van der Waals surface area (Å²) < 4.78 is 0. The number of hydrogen-bond donors (Lipinski definition) is 1. The van der Waals surface area contributed by atoms with Crippen LogP contribution < -0.4 is 5.73 Å². The van der Waals surface area contributed by atoms with Crippen molar-refractivity contribution >= 4 is 17.2 Å². The molecule has 1 aliphatic carbocycles. The Balaban J connectivity index is 2.14. The fraction of sp³-hybridized carbons (Fsp3) is 0.533. The van der Waals surface area contributed by atoms with Crippen LogP contribution in [0.3, 0.4) is 0 Å². The van der Waals surface area contributed by atoms with Crippen LogP contribution in [-0.2, 0) is 0 Å². The van der Waals surface area contributed by atoms with Crippen LogP contribution in [0.2, 0.25) is 0 Å². The number of rotatable bonds is 5. The van der Waals surface area contributed by atoms with E-state index in [-0.39, 0.29) is 5.91 Å². The molecule has 1 saturated carbocycles. The molecule has 2 N–H and O–H groups in total. The first-order valence-corrected chi connectivity index (χ1v) is 7.73. The normalized spacial score (nSPS) is 13.8. The van der Waals surface area contributed by atoms with E-state index in [0.717, 1.165) is 42.7 Å². The van der Waals surface area contributed by atoms with Crippen molar-refractivity contribution in [2.45, 2.75) is 38.6 Å². The van der Waals surface area contributed by atoms with Crippen molar-refractivity contribution in [3.05, 3.63) is 21.9 Å². The Labute approximate surface area is 118 Å². The van der Waals surface area contributed by atoms with E-state index in [2.05, 4.69) is 18.8 Å². The van der Waals surface area contributed by atoms with E-state index in [0.29, 0.717) is 12.6 Å². The number of hydrogen-bond acceptors (Lipinski definition) is 3. The molecule has 2 rings (SSSR count).